The smallest absolute Gasteiger partial charge is 0.226 e. The number of carbonyl (C=O) groups excluding carboxylic acids is 1. The number of likely N-dealkylation sites (tertiary alicyclic amines) is 1. The lowest BCUT2D eigenvalue weighted by atomic mass is 9.83. The summed E-state index contributed by atoms with van der Waals surface area (Å²) in [6.07, 6.45) is 10.7. The molecule has 3 aliphatic rings. The molecular formula is C16H28N2O. The van der Waals surface area contributed by atoms with E-state index in [0.29, 0.717) is 18.0 Å². The fourth-order valence-electron chi connectivity index (χ4n) is 4.75. The number of nitrogens with zero attached hydrogens (tertiary/aromatic N) is 1. The monoisotopic (exact) mass is 264 g/mol. The highest BCUT2D eigenvalue weighted by atomic mass is 16.2. The Kier molecular flexibility index (Phi) is 3.84. The van der Waals surface area contributed by atoms with E-state index in [1.807, 2.05) is 0 Å². The molecule has 0 spiro atoms. The van der Waals surface area contributed by atoms with Crippen LogP contribution in [0.15, 0.2) is 0 Å². The van der Waals surface area contributed by atoms with Crippen molar-refractivity contribution in [2.45, 2.75) is 82.8 Å². The number of carbonyl (C=O) groups is 1. The number of amides is 1. The number of hydrogen-bond donors (Lipinski definition) is 1. The summed E-state index contributed by atoms with van der Waals surface area (Å²) in [6, 6.07) is 1.26. The molecule has 5 atom stereocenters. The molecule has 3 rings (SSSR count). The highest BCUT2D eigenvalue weighted by Crippen LogP contribution is 2.41. The maximum absolute atomic E-state index is 12.9. The summed E-state index contributed by atoms with van der Waals surface area (Å²) in [5.41, 5.74) is 6.06. The van der Waals surface area contributed by atoms with Crippen LogP contribution in [0.4, 0.5) is 0 Å². The summed E-state index contributed by atoms with van der Waals surface area (Å²) in [7, 11) is 0. The Morgan fingerprint density at radius 1 is 1.05 bits per heavy atom. The molecule has 2 N–H and O–H groups in total. The molecule has 2 saturated carbocycles. The molecular weight excluding hydrogens is 236 g/mol. The predicted octanol–water partition coefficient (Wildman–Crippen LogP) is 2.68. The average molecular weight is 264 g/mol. The van der Waals surface area contributed by atoms with Crippen molar-refractivity contribution >= 4 is 5.91 Å². The van der Waals surface area contributed by atoms with Gasteiger partial charge in [-0.15, -0.1) is 0 Å². The van der Waals surface area contributed by atoms with Crippen LogP contribution in [0.2, 0.25) is 0 Å². The van der Waals surface area contributed by atoms with Gasteiger partial charge in [-0.05, 0) is 51.4 Å². The van der Waals surface area contributed by atoms with Crippen molar-refractivity contribution in [3.63, 3.8) is 0 Å². The fraction of sp³-hybridized carbons (Fsp3) is 0.938. The van der Waals surface area contributed by atoms with Gasteiger partial charge >= 0.3 is 0 Å². The Morgan fingerprint density at radius 3 is 2.63 bits per heavy atom. The molecule has 3 fully saturated rings. The zero-order chi connectivity index (χ0) is 13.4. The van der Waals surface area contributed by atoms with E-state index in [9.17, 15) is 4.79 Å². The normalized spacial score (nSPS) is 43.1. The first-order chi connectivity index (χ1) is 9.16. The second kappa shape index (κ2) is 5.43. The molecule has 0 bridgehead atoms. The molecule has 1 saturated heterocycles. The van der Waals surface area contributed by atoms with Gasteiger partial charge in [0.25, 0.3) is 0 Å². The van der Waals surface area contributed by atoms with Crippen molar-refractivity contribution < 1.29 is 4.79 Å². The van der Waals surface area contributed by atoms with Crippen molar-refractivity contribution in [3.05, 3.63) is 0 Å². The summed E-state index contributed by atoms with van der Waals surface area (Å²) in [6.45, 7) is 2.25. The first-order valence-electron chi connectivity index (χ1n) is 8.24. The quantitative estimate of drug-likeness (QED) is 0.791. The fourth-order valence-corrected chi connectivity index (χ4v) is 4.75. The van der Waals surface area contributed by atoms with Crippen molar-refractivity contribution in [2.24, 2.45) is 17.6 Å². The summed E-state index contributed by atoms with van der Waals surface area (Å²) in [5, 5.41) is 0. The van der Waals surface area contributed by atoms with E-state index in [2.05, 4.69) is 11.8 Å². The van der Waals surface area contributed by atoms with Gasteiger partial charge in [-0.1, -0.05) is 19.3 Å². The summed E-state index contributed by atoms with van der Waals surface area (Å²) < 4.78 is 0. The molecule has 0 aromatic heterocycles. The second-order valence-corrected chi connectivity index (χ2v) is 7.07. The van der Waals surface area contributed by atoms with Gasteiger partial charge < -0.3 is 10.6 Å². The van der Waals surface area contributed by atoms with Gasteiger partial charge in [0.05, 0.1) is 0 Å². The molecule has 1 amide bonds. The van der Waals surface area contributed by atoms with Gasteiger partial charge in [0.1, 0.15) is 0 Å². The Balaban J connectivity index is 1.71. The molecule has 0 radical (unpaired) electrons. The maximum Gasteiger partial charge on any atom is 0.226 e. The van der Waals surface area contributed by atoms with Crippen LogP contribution in [0, 0.1) is 11.8 Å². The van der Waals surface area contributed by atoms with Crippen LogP contribution in [0.25, 0.3) is 0 Å². The lowest BCUT2D eigenvalue weighted by Gasteiger charge is -2.37. The van der Waals surface area contributed by atoms with Crippen molar-refractivity contribution in [2.75, 3.05) is 0 Å². The van der Waals surface area contributed by atoms with Crippen molar-refractivity contribution in [3.8, 4) is 0 Å². The standard InChI is InChI=1S/C16H28N2O/c1-11-9-12-5-2-3-8-15(12)18(11)16(19)13-6-4-7-14(17)10-13/h11-15H,2-10,17H2,1H3. The van der Waals surface area contributed by atoms with E-state index in [4.69, 9.17) is 5.73 Å². The Bertz CT molecular complexity index is 344. The van der Waals surface area contributed by atoms with Crippen molar-refractivity contribution in [1.82, 2.24) is 4.90 Å². The van der Waals surface area contributed by atoms with E-state index in [1.165, 1.54) is 32.1 Å². The van der Waals surface area contributed by atoms with E-state index in [0.717, 1.165) is 31.6 Å². The number of nitrogens with two attached hydrogens (primary N) is 1. The zero-order valence-electron chi connectivity index (χ0n) is 12.2. The first-order valence-corrected chi connectivity index (χ1v) is 8.24. The van der Waals surface area contributed by atoms with Gasteiger partial charge in [0.2, 0.25) is 5.91 Å². The van der Waals surface area contributed by atoms with Gasteiger partial charge in [-0.3, -0.25) is 4.79 Å². The average Bonchev–Trinajstić information content (AvgIpc) is 2.74. The number of fused-ring (bicyclic) bond motifs is 1. The molecule has 3 heteroatoms. The van der Waals surface area contributed by atoms with Gasteiger partial charge in [0, 0.05) is 24.0 Å². The third-order valence-electron chi connectivity index (χ3n) is 5.66. The predicted molar refractivity (Wildman–Crippen MR) is 76.6 cm³/mol. The summed E-state index contributed by atoms with van der Waals surface area (Å²) in [5.74, 6) is 1.42. The van der Waals surface area contributed by atoms with Crippen LogP contribution >= 0.6 is 0 Å². The minimum Gasteiger partial charge on any atom is -0.336 e. The van der Waals surface area contributed by atoms with Crippen LogP contribution in [0.5, 0.6) is 0 Å². The number of rotatable bonds is 1. The van der Waals surface area contributed by atoms with E-state index in [1.54, 1.807) is 0 Å². The highest BCUT2D eigenvalue weighted by Gasteiger charge is 2.44. The Morgan fingerprint density at radius 2 is 1.84 bits per heavy atom. The third-order valence-corrected chi connectivity index (χ3v) is 5.66. The molecule has 108 valence electrons. The Hall–Kier alpha value is -0.570. The zero-order valence-corrected chi connectivity index (χ0v) is 12.2. The molecule has 3 nitrogen and oxygen atoms in total. The van der Waals surface area contributed by atoms with Crippen LogP contribution < -0.4 is 5.73 Å². The molecule has 5 unspecified atom stereocenters. The summed E-state index contributed by atoms with van der Waals surface area (Å²) >= 11 is 0. The molecule has 1 heterocycles. The number of hydrogen-bond acceptors (Lipinski definition) is 2. The van der Waals surface area contributed by atoms with Crippen LogP contribution in [-0.4, -0.2) is 28.9 Å². The largest absolute Gasteiger partial charge is 0.336 e. The molecule has 1 aliphatic heterocycles. The van der Waals surface area contributed by atoms with Gasteiger partial charge in [-0.25, -0.2) is 0 Å². The van der Waals surface area contributed by atoms with Crippen LogP contribution in [-0.2, 0) is 4.79 Å². The second-order valence-electron chi connectivity index (χ2n) is 7.07. The van der Waals surface area contributed by atoms with E-state index < -0.39 is 0 Å². The molecule has 2 aliphatic carbocycles. The first kappa shape index (κ1) is 13.4. The van der Waals surface area contributed by atoms with Crippen molar-refractivity contribution in [1.29, 1.82) is 0 Å². The Labute approximate surface area is 116 Å². The topological polar surface area (TPSA) is 46.3 Å². The lowest BCUT2D eigenvalue weighted by molar-refractivity contribution is -0.140. The van der Waals surface area contributed by atoms with Crippen LogP contribution in [0.3, 0.4) is 0 Å². The molecule has 0 aromatic rings. The minimum absolute atomic E-state index is 0.215. The molecule has 19 heavy (non-hydrogen) atoms. The van der Waals surface area contributed by atoms with Gasteiger partial charge in [0.15, 0.2) is 0 Å². The van der Waals surface area contributed by atoms with E-state index in [-0.39, 0.29) is 12.0 Å². The lowest BCUT2D eigenvalue weighted by Crippen LogP contribution is -2.47. The highest BCUT2D eigenvalue weighted by molar-refractivity contribution is 5.80. The van der Waals surface area contributed by atoms with Crippen LogP contribution in [0.1, 0.15) is 64.7 Å². The molecule has 0 aromatic carbocycles. The van der Waals surface area contributed by atoms with E-state index >= 15 is 0 Å². The van der Waals surface area contributed by atoms with Gasteiger partial charge in [-0.2, -0.15) is 0 Å². The maximum atomic E-state index is 12.9. The minimum atomic E-state index is 0.215. The third kappa shape index (κ3) is 2.54. The SMILES string of the molecule is CC1CC2CCCCC2N1C(=O)C1CCCC(N)C1. The summed E-state index contributed by atoms with van der Waals surface area (Å²) in [4.78, 5) is 15.2.